The molecule has 0 aliphatic heterocycles. The van der Waals surface area contributed by atoms with Crippen molar-refractivity contribution in [2.45, 2.75) is 19.1 Å². The maximum absolute atomic E-state index is 12.1. The van der Waals surface area contributed by atoms with Crippen molar-refractivity contribution in [3.05, 3.63) is 24.3 Å². The van der Waals surface area contributed by atoms with Crippen LogP contribution in [0.5, 0.6) is 5.75 Å². The Hall–Kier alpha value is -1.05. The second kappa shape index (κ2) is 9.79. The van der Waals surface area contributed by atoms with Gasteiger partial charge >= 0.3 is 6.61 Å². The predicted molar refractivity (Wildman–Crippen MR) is 79.9 cm³/mol. The normalized spacial score (nSPS) is 11.7. The first-order chi connectivity index (χ1) is 9.02. The van der Waals surface area contributed by atoms with Crippen LogP contribution in [0.2, 0.25) is 0 Å². The van der Waals surface area contributed by atoms with E-state index >= 15 is 0 Å². The van der Waals surface area contributed by atoms with Crippen molar-refractivity contribution in [2.24, 2.45) is 5.73 Å². The number of anilines is 1. The van der Waals surface area contributed by atoms with Crippen molar-refractivity contribution in [3.63, 3.8) is 0 Å². The number of nitrogens with one attached hydrogen (secondary N) is 1. The Morgan fingerprint density at radius 3 is 2.80 bits per heavy atom. The van der Waals surface area contributed by atoms with Gasteiger partial charge in [0.25, 0.3) is 0 Å². The van der Waals surface area contributed by atoms with Crippen LogP contribution in [0.25, 0.3) is 0 Å². The predicted octanol–water partition coefficient (Wildman–Crippen LogP) is 2.73. The summed E-state index contributed by atoms with van der Waals surface area (Å²) in [7, 11) is 0. The standard InChI is InChI=1S/C12H16F2N2O2S.ClH/c1-19-6-5-10(15)11(17)16-8-3-2-4-9(7-8)18-12(13)14;/h2-4,7,10,12H,5-6,15H2,1H3,(H,16,17);1H/t10-;/m0./s1. The summed E-state index contributed by atoms with van der Waals surface area (Å²) >= 11 is 1.60. The molecule has 0 spiro atoms. The minimum atomic E-state index is -2.89. The minimum absolute atomic E-state index is 0. The molecule has 1 rings (SSSR count). The number of halogens is 3. The molecule has 0 heterocycles. The van der Waals surface area contributed by atoms with Crippen LogP contribution in [-0.2, 0) is 4.79 Å². The Kier molecular flexibility index (Phi) is 9.28. The molecule has 114 valence electrons. The molecule has 0 unspecified atom stereocenters. The number of benzene rings is 1. The monoisotopic (exact) mass is 326 g/mol. The lowest BCUT2D eigenvalue weighted by Crippen LogP contribution is -2.36. The molecule has 0 saturated heterocycles. The lowest BCUT2D eigenvalue weighted by Gasteiger charge is -2.12. The number of carbonyl (C=O) groups is 1. The van der Waals surface area contributed by atoms with Gasteiger partial charge in [-0.1, -0.05) is 6.07 Å². The summed E-state index contributed by atoms with van der Waals surface area (Å²) in [6, 6.07) is 5.19. The summed E-state index contributed by atoms with van der Waals surface area (Å²) in [5.74, 6) is 0.428. The van der Waals surface area contributed by atoms with Crippen molar-refractivity contribution in [1.82, 2.24) is 0 Å². The smallest absolute Gasteiger partial charge is 0.387 e. The number of hydrogen-bond acceptors (Lipinski definition) is 4. The van der Waals surface area contributed by atoms with Gasteiger partial charge in [0.1, 0.15) is 5.75 Å². The molecular formula is C12H17ClF2N2O2S. The van der Waals surface area contributed by atoms with Gasteiger partial charge in [-0.25, -0.2) is 0 Å². The molecule has 8 heteroatoms. The Labute approximate surface area is 126 Å². The maximum Gasteiger partial charge on any atom is 0.387 e. The molecule has 1 amide bonds. The SMILES string of the molecule is CSCC[C@H](N)C(=O)Nc1cccc(OC(F)F)c1.Cl. The Morgan fingerprint density at radius 1 is 1.50 bits per heavy atom. The zero-order valence-electron chi connectivity index (χ0n) is 10.8. The van der Waals surface area contributed by atoms with Gasteiger partial charge in [0.05, 0.1) is 6.04 Å². The third-order valence-electron chi connectivity index (χ3n) is 2.30. The summed E-state index contributed by atoms with van der Waals surface area (Å²) in [5.41, 5.74) is 6.07. The molecule has 0 saturated carbocycles. The van der Waals surface area contributed by atoms with Crippen LogP contribution >= 0.6 is 24.2 Å². The molecule has 0 aromatic heterocycles. The summed E-state index contributed by atoms with van der Waals surface area (Å²) in [5, 5.41) is 2.57. The van der Waals surface area contributed by atoms with Crippen LogP contribution in [-0.4, -0.2) is 30.6 Å². The molecule has 1 aromatic carbocycles. The second-order valence-electron chi connectivity index (χ2n) is 3.78. The Bertz CT molecular complexity index is 424. The van der Waals surface area contributed by atoms with Crippen LogP contribution in [0.15, 0.2) is 24.3 Å². The molecule has 3 N–H and O–H groups in total. The van der Waals surface area contributed by atoms with Crippen molar-refractivity contribution >= 4 is 35.8 Å². The molecular weight excluding hydrogens is 310 g/mol. The third kappa shape index (κ3) is 6.93. The number of nitrogens with two attached hydrogens (primary N) is 1. The van der Waals surface area contributed by atoms with E-state index in [0.717, 1.165) is 5.75 Å². The van der Waals surface area contributed by atoms with E-state index in [-0.39, 0.29) is 24.1 Å². The fourth-order valence-corrected chi connectivity index (χ4v) is 1.85. The lowest BCUT2D eigenvalue weighted by atomic mass is 10.2. The Morgan fingerprint density at radius 2 is 2.20 bits per heavy atom. The molecule has 0 bridgehead atoms. The number of alkyl halides is 2. The van der Waals surface area contributed by atoms with E-state index in [1.165, 1.54) is 18.2 Å². The van der Waals surface area contributed by atoms with Crippen LogP contribution in [0.1, 0.15) is 6.42 Å². The zero-order valence-corrected chi connectivity index (χ0v) is 12.5. The summed E-state index contributed by atoms with van der Waals surface area (Å²) in [4.78, 5) is 11.7. The van der Waals surface area contributed by atoms with Gasteiger partial charge in [-0.15, -0.1) is 12.4 Å². The number of hydrogen-bond donors (Lipinski definition) is 2. The molecule has 0 aliphatic rings. The molecule has 20 heavy (non-hydrogen) atoms. The van der Waals surface area contributed by atoms with E-state index in [1.54, 1.807) is 17.8 Å². The summed E-state index contributed by atoms with van der Waals surface area (Å²) in [6.07, 6.45) is 2.48. The molecule has 0 radical (unpaired) electrons. The van der Waals surface area contributed by atoms with Crippen molar-refractivity contribution in [1.29, 1.82) is 0 Å². The first-order valence-corrected chi connectivity index (χ1v) is 7.02. The first-order valence-electron chi connectivity index (χ1n) is 5.63. The average Bonchev–Trinajstić information content (AvgIpc) is 2.35. The fourth-order valence-electron chi connectivity index (χ4n) is 1.36. The first kappa shape index (κ1) is 18.9. The van der Waals surface area contributed by atoms with E-state index in [0.29, 0.717) is 12.1 Å². The van der Waals surface area contributed by atoms with Crippen molar-refractivity contribution in [2.75, 3.05) is 17.3 Å². The molecule has 0 aliphatic carbocycles. The minimum Gasteiger partial charge on any atom is -0.435 e. The highest BCUT2D eigenvalue weighted by Crippen LogP contribution is 2.19. The fraction of sp³-hybridized carbons (Fsp3) is 0.417. The maximum atomic E-state index is 12.1. The van der Waals surface area contributed by atoms with E-state index < -0.39 is 12.7 Å². The molecule has 4 nitrogen and oxygen atoms in total. The van der Waals surface area contributed by atoms with Crippen molar-refractivity contribution in [3.8, 4) is 5.75 Å². The van der Waals surface area contributed by atoms with Gasteiger partial charge in [-0.05, 0) is 30.6 Å². The summed E-state index contributed by atoms with van der Waals surface area (Å²) in [6.45, 7) is -2.89. The van der Waals surface area contributed by atoms with Crippen LogP contribution in [0, 0.1) is 0 Å². The number of amides is 1. The van der Waals surface area contributed by atoms with Crippen LogP contribution < -0.4 is 15.8 Å². The molecule has 0 fully saturated rings. The van der Waals surface area contributed by atoms with Gasteiger partial charge in [-0.2, -0.15) is 20.5 Å². The molecule has 1 aromatic rings. The number of carbonyl (C=O) groups excluding carboxylic acids is 1. The number of ether oxygens (including phenoxy) is 1. The second-order valence-corrected chi connectivity index (χ2v) is 4.77. The molecule has 1 atom stereocenters. The highest BCUT2D eigenvalue weighted by molar-refractivity contribution is 7.98. The number of rotatable bonds is 7. The van der Waals surface area contributed by atoms with Crippen molar-refractivity contribution < 1.29 is 18.3 Å². The van der Waals surface area contributed by atoms with Gasteiger partial charge in [-0.3, -0.25) is 4.79 Å². The summed E-state index contributed by atoms with van der Waals surface area (Å²) < 4.78 is 28.3. The van der Waals surface area contributed by atoms with Gasteiger partial charge in [0.2, 0.25) is 5.91 Å². The third-order valence-corrected chi connectivity index (χ3v) is 2.94. The van der Waals surface area contributed by atoms with E-state index in [1.807, 2.05) is 6.26 Å². The van der Waals surface area contributed by atoms with Gasteiger partial charge in [0, 0.05) is 11.8 Å². The zero-order chi connectivity index (χ0) is 14.3. The van der Waals surface area contributed by atoms with Crippen LogP contribution in [0.3, 0.4) is 0 Å². The van der Waals surface area contributed by atoms with E-state index in [2.05, 4.69) is 10.1 Å². The van der Waals surface area contributed by atoms with Gasteiger partial charge in [0.15, 0.2) is 0 Å². The quantitative estimate of drug-likeness (QED) is 0.808. The topological polar surface area (TPSA) is 64.4 Å². The van der Waals surface area contributed by atoms with E-state index in [9.17, 15) is 13.6 Å². The van der Waals surface area contributed by atoms with Crippen LogP contribution in [0.4, 0.5) is 14.5 Å². The average molecular weight is 327 g/mol. The highest BCUT2D eigenvalue weighted by Gasteiger charge is 2.13. The number of thioether (sulfide) groups is 1. The van der Waals surface area contributed by atoms with Gasteiger partial charge < -0.3 is 15.8 Å². The lowest BCUT2D eigenvalue weighted by molar-refractivity contribution is -0.117. The Balaban J connectivity index is 0.00000361. The van der Waals surface area contributed by atoms with E-state index in [4.69, 9.17) is 5.73 Å². The highest BCUT2D eigenvalue weighted by atomic mass is 35.5. The largest absolute Gasteiger partial charge is 0.435 e.